The van der Waals surface area contributed by atoms with Gasteiger partial charge in [0, 0.05) is 6.42 Å². The number of imidazole rings is 1. The molecule has 0 N–H and O–H groups in total. The van der Waals surface area contributed by atoms with Gasteiger partial charge in [-0.15, -0.1) is 0 Å². The van der Waals surface area contributed by atoms with Crippen LogP contribution in [0.3, 0.4) is 0 Å². The van der Waals surface area contributed by atoms with E-state index in [9.17, 15) is 0 Å². The Hall–Kier alpha value is -2.29. The lowest BCUT2D eigenvalue weighted by Gasteiger charge is -2.21. The van der Waals surface area contributed by atoms with Crippen LogP contribution in [0.25, 0.3) is 11.0 Å². The Bertz CT molecular complexity index is 721. The fraction of sp³-hybridized carbons (Fsp3) is 0.350. The van der Waals surface area contributed by atoms with Crippen molar-refractivity contribution < 1.29 is 4.74 Å². The summed E-state index contributed by atoms with van der Waals surface area (Å²) in [6.45, 7) is 2.24. The van der Waals surface area contributed by atoms with Gasteiger partial charge in [-0.1, -0.05) is 56.5 Å². The molecule has 2 aromatic carbocycles. The molecule has 0 spiro atoms. The van der Waals surface area contributed by atoms with Crippen molar-refractivity contribution in [1.29, 1.82) is 0 Å². The molecule has 1 heterocycles. The molecule has 3 nitrogen and oxygen atoms in total. The molecule has 0 aliphatic heterocycles. The summed E-state index contributed by atoms with van der Waals surface area (Å²) < 4.78 is 8.43. The second-order valence-electron chi connectivity index (χ2n) is 5.88. The second-order valence-corrected chi connectivity index (χ2v) is 5.88. The highest BCUT2D eigenvalue weighted by atomic mass is 16.5. The normalized spacial score (nSPS) is 12.4. The van der Waals surface area contributed by atoms with E-state index >= 15 is 0 Å². The molecule has 120 valence electrons. The Morgan fingerprint density at radius 3 is 2.57 bits per heavy atom. The van der Waals surface area contributed by atoms with Crippen LogP contribution in [0.1, 0.15) is 45.3 Å². The number of hydrogen-bond donors (Lipinski definition) is 0. The summed E-state index contributed by atoms with van der Waals surface area (Å²) in [4.78, 5) is 4.51. The Morgan fingerprint density at radius 1 is 0.957 bits per heavy atom. The van der Waals surface area contributed by atoms with E-state index in [0.717, 1.165) is 29.6 Å². The maximum atomic E-state index is 6.27. The molecule has 0 aliphatic carbocycles. The quantitative estimate of drug-likeness (QED) is 0.508. The van der Waals surface area contributed by atoms with Crippen LogP contribution >= 0.6 is 0 Å². The molecule has 3 heteroatoms. The number of unbranched alkanes of at least 4 members (excludes halogenated alkanes) is 3. The number of aromatic nitrogens is 2. The zero-order valence-corrected chi connectivity index (χ0v) is 13.7. The van der Waals surface area contributed by atoms with Crippen molar-refractivity contribution in [1.82, 2.24) is 9.55 Å². The van der Waals surface area contributed by atoms with Crippen LogP contribution < -0.4 is 4.74 Å². The van der Waals surface area contributed by atoms with Gasteiger partial charge in [-0.3, -0.25) is 4.57 Å². The lowest BCUT2D eigenvalue weighted by atomic mass is 10.1. The minimum absolute atomic E-state index is 0.0124. The monoisotopic (exact) mass is 308 g/mol. The Morgan fingerprint density at radius 2 is 1.74 bits per heavy atom. The molecule has 1 atom stereocenters. The van der Waals surface area contributed by atoms with Crippen molar-refractivity contribution in [3.63, 3.8) is 0 Å². The molecule has 0 radical (unpaired) electrons. The number of fused-ring (bicyclic) bond motifs is 1. The molecule has 1 unspecified atom stereocenters. The highest BCUT2D eigenvalue weighted by Gasteiger charge is 2.15. The van der Waals surface area contributed by atoms with Gasteiger partial charge >= 0.3 is 0 Å². The Kier molecular flexibility index (Phi) is 5.30. The third kappa shape index (κ3) is 3.92. The van der Waals surface area contributed by atoms with E-state index in [4.69, 9.17) is 4.74 Å². The molecule has 0 amide bonds. The summed E-state index contributed by atoms with van der Waals surface area (Å²) in [5.74, 6) is 0.908. The van der Waals surface area contributed by atoms with Crippen LogP contribution in [-0.2, 0) is 0 Å². The van der Waals surface area contributed by atoms with Crippen molar-refractivity contribution in [3.05, 3.63) is 60.9 Å². The molecule has 0 saturated heterocycles. The lowest BCUT2D eigenvalue weighted by Crippen LogP contribution is -2.15. The van der Waals surface area contributed by atoms with Gasteiger partial charge in [-0.25, -0.2) is 4.98 Å². The number of nitrogens with zero attached hydrogens (tertiary/aromatic N) is 2. The van der Waals surface area contributed by atoms with E-state index in [1.165, 1.54) is 19.3 Å². The van der Waals surface area contributed by atoms with Crippen LogP contribution in [0.15, 0.2) is 60.9 Å². The average Bonchev–Trinajstić information content (AvgIpc) is 3.03. The minimum Gasteiger partial charge on any atom is -0.470 e. The van der Waals surface area contributed by atoms with Gasteiger partial charge < -0.3 is 4.74 Å². The van der Waals surface area contributed by atoms with Crippen molar-refractivity contribution in [2.45, 2.75) is 45.3 Å². The highest BCUT2D eigenvalue weighted by molar-refractivity contribution is 5.75. The van der Waals surface area contributed by atoms with Gasteiger partial charge in [-0.05, 0) is 30.7 Å². The second kappa shape index (κ2) is 7.82. The molecule has 23 heavy (non-hydrogen) atoms. The van der Waals surface area contributed by atoms with Crippen LogP contribution in [0.2, 0.25) is 0 Å². The third-order valence-electron chi connectivity index (χ3n) is 4.11. The molecule has 0 aliphatic rings. The predicted octanol–water partition coefficient (Wildman–Crippen LogP) is 5.58. The largest absolute Gasteiger partial charge is 0.470 e. The summed E-state index contributed by atoms with van der Waals surface area (Å²) in [6.07, 6.45) is 7.82. The van der Waals surface area contributed by atoms with Crippen LogP contribution in [0.4, 0.5) is 0 Å². The van der Waals surface area contributed by atoms with Crippen molar-refractivity contribution in [2.24, 2.45) is 0 Å². The molecule has 3 aromatic rings. The van der Waals surface area contributed by atoms with Gasteiger partial charge in [0.1, 0.15) is 5.75 Å². The highest BCUT2D eigenvalue weighted by Crippen LogP contribution is 2.25. The fourth-order valence-corrected chi connectivity index (χ4v) is 2.86. The minimum atomic E-state index is -0.0124. The summed E-state index contributed by atoms with van der Waals surface area (Å²) in [6, 6.07) is 18.3. The van der Waals surface area contributed by atoms with E-state index in [-0.39, 0.29) is 6.23 Å². The van der Waals surface area contributed by atoms with E-state index in [2.05, 4.69) is 28.6 Å². The maximum Gasteiger partial charge on any atom is 0.177 e. The number of benzene rings is 2. The molecular formula is C20H24N2O. The summed E-state index contributed by atoms with van der Waals surface area (Å²) >= 11 is 0. The predicted molar refractivity (Wildman–Crippen MR) is 94.6 cm³/mol. The van der Waals surface area contributed by atoms with Crippen molar-refractivity contribution in [2.75, 3.05) is 0 Å². The Balaban J connectivity index is 1.81. The molecule has 0 saturated carbocycles. The van der Waals surface area contributed by atoms with E-state index in [0.29, 0.717) is 0 Å². The third-order valence-corrected chi connectivity index (χ3v) is 4.11. The lowest BCUT2D eigenvalue weighted by molar-refractivity contribution is 0.122. The number of hydrogen-bond acceptors (Lipinski definition) is 2. The van der Waals surface area contributed by atoms with Crippen LogP contribution in [0, 0.1) is 0 Å². The van der Waals surface area contributed by atoms with Gasteiger partial charge in [0.15, 0.2) is 6.23 Å². The summed E-state index contributed by atoms with van der Waals surface area (Å²) in [5.41, 5.74) is 2.15. The van der Waals surface area contributed by atoms with E-state index < -0.39 is 0 Å². The van der Waals surface area contributed by atoms with Crippen LogP contribution in [-0.4, -0.2) is 9.55 Å². The molecule has 3 rings (SSSR count). The first-order valence-electron chi connectivity index (χ1n) is 8.52. The Labute approximate surface area is 137 Å². The number of ether oxygens (including phenoxy) is 1. The number of rotatable bonds is 8. The first-order valence-corrected chi connectivity index (χ1v) is 8.52. The number of para-hydroxylation sites is 3. The zero-order chi connectivity index (χ0) is 15.9. The molecule has 0 bridgehead atoms. The van der Waals surface area contributed by atoms with E-state index in [1.54, 1.807) is 0 Å². The van der Waals surface area contributed by atoms with Crippen molar-refractivity contribution in [3.8, 4) is 5.75 Å². The summed E-state index contributed by atoms with van der Waals surface area (Å²) in [7, 11) is 0. The van der Waals surface area contributed by atoms with E-state index in [1.807, 2.05) is 48.8 Å². The van der Waals surface area contributed by atoms with Gasteiger partial charge in [0.2, 0.25) is 0 Å². The van der Waals surface area contributed by atoms with Crippen LogP contribution in [0.5, 0.6) is 5.75 Å². The van der Waals surface area contributed by atoms with Crippen molar-refractivity contribution >= 4 is 11.0 Å². The van der Waals surface area contributed by atoms with Gasteiger partial charge in [0.05, 0.1) is 17.4 Å². The topological polar surface area (TPSA) is 27.1 Å². The maximum absolute atomic E-state index is 6.27. The zero-order valence-electron chi connectivity index (χ0n) is 13.7. The smallest absolute Gasteiger partial charge is 0.177 e. The SMILES string of the molecule is CCCCCCC(Oc1ccccc1)n1cnc2ccccc21. The van der Waals surface area contributed by atoms with Gasteiger partial charge in [-0.2, -0.15) is 0 Å². The molecule has 0 fully saturated rings. The standard InChI is InChI=1S/C20H24N2O/c1-2-3-4-8-15-20(23-17-11-6-5-7-12-17)22-16-21-18-13-9-10-14-19(18)22/h5-7,9-14,16,20H,2-4,8,15H2,1H3. The first-order chi connectivity index (χ1) is 11.4. The van der Waals surface area contributed by atoms with Gasteiger partial charge in [0.25, 0.3) is 0 Å². The average molecular weight is 308 g/mol. The fourth-order valence-electron chi connectivity index (χ4n) is 2.86. The summed E-state index contributed by atoms with van der Waals surface area (Å²) in [5, 5.41) is 0. The molecule has 1 aromatic heterocycles. The molecular weight excluding hydrogens is 284 g/mol. The first kappa shape index (κ1) is 15.6.